The number of hydrogen-bond acceptors (Lipinski definition) is 5. The van der Waals surface area contributed by atoms with E-state index in [1.54, 1.807) is 36.3 Å². The van der Waals surface area contributed by atoms with Crippen molar-refractivity contribution in [2.75, 3.05) is 53.5 Å². The van der Waals surface area contributed by atoms with Gasteiger partial charge in [-0.25, -0.2) is 8.42 Å². The normalized spacial score (nSPS) is 17.3. The first-order chi connectivity index (χ1) is 12.8. The van der Waals surface area contributed by atoms with E-state index in [9.17, 15) is 13.2 Å². The molecule has 1 aliphatic rings. The number of amides is 1. The number of carbonyl (C=O) groups excluding carboxylic acids is 1. The number of likely N-dealkylation sites (N-methyl/N-ethyl adjacent to an activating group) is 1. The molecule has 2 rings (SSSR count). The molecule has 0 bridgehead atoms. The van der Waals surface area contributed by atoms with Crippen molar-refractivity contribution in [2.24, 2.45) is 0 Å². The summed E-state index contributed by atoms with van der Waals surface area (Å²) in [5, 5.41) is 0. The molecule has 1 atom stereocenters. The topological polar surface area (TPSA) is 70.2 Å². The highest BCUT2D eigenvalue weighted by Crippen LogP contribution is 2.18. The maximum absolute atomic E-state index is 12.8. The number of sulfonamides is 1. The largest absolute Gasteiger partial charge is 0.385 e. The Morgan fingerprint density at radius 2 is 1.78 bits per heavy atom. The molecule has 1 aliphatic heterocycles. The Morgan fingerprint density at radius 1 is 1.19 bits per heavy atom. The lowest BCUT2D eigenvalue weighted by Gasteiger charge is -2.36. The first-order valence-electron chi connectivity index (χ1n) is 9.32. The number of aryl methyl sites for hydroxylation is 1. The molecule has 8 heteroatoms. The van der Waals surface area contributed by atoms with E-state index in [4.69, 9.17) is 4.74 Å². The van der Waals surface area contributed by atoms with Gasteiger partial charge in [0, 0.05) is 46.4 Å². The highest BCUT2D eigenvalue weighted by atomic mass is 32.2. The van der Waals surface area contributed by atoms with Crippen LogP contribution in [-0.2, 0) is 19.6 Å². The smallest absolute Gasteiger partial charge is 0.243 e. The molecule has 0 saturated carbocycles. The van der Waals surface area contributed by atoms with Crippen molar-refractivity contribution in [3.8, 4) is 0 Å². The van der Waals surface area contributed by atoms with Gasteiger partial charge in [-0.05, 0) is 39.4 Å². The Labute approximate surface area is 162 Å². The Balaban J connectivity index is 1.92. The van der Waals surface area contributed by atoms with Gasteiger partial charge in [0.05, 0.1) is 10.9 Å². The lowest BCUT2D eigenvalue weighted by Crippen LogP contribution is -2.54. The zero-order valence-electron chi connectivity index (χ0n) is 16.7. The Hall–Kier alpha value is -1.48. The second kappa shape index (κ2) is 9.64. The van der Waals surface area contributed by atoms with Gasteiger partial charge in [-0.1, -0.05) is 17.7 Å². The van der Waals surface area contributed by atoms with Gasteiger partial charge in [0.15, 0.2) is 0 Å². The van der Waals surface area contributed by atoms with E-state index in [-0.39, 0.29) is 11.9 Å². The maximum Gasteiger partial charge on any atom is 0.243 e. The molecule has 0 N–H and O–H groups in total. The van der Waals surface area contributed by atoms with Crippen molar-refractivity contribution in [3.63, 3.8) is 0 Å². The van der Waals surface area contributed by atoms with Gasteiger partial charge in [-0.15, -0.1) is 0 Å². The number of hydrogen-bond donors (Lipinski definition) is 0. The summed E-state index contributed by atoms with van der Waals surface area (Å²) >= 11 is 0. The average molecular weight is 398 g/mol. The Kier molecular flexibility index (Phi) is 7.79. The number of methoxy groups -OCH3 is 1. The predicted octanol–water partition coefficient (Wildman–Crippen LogP) is 1.18. The van der Waals surface area contributed by atoms with Crippen LogP contribution < -0.4 is 0 Å². The molecule has 0 aromatic heterocycles. The van der Waals surface area contributed by atoms with Gasteiger partial charge in [0.1, 0.15) is 0 Å². The SMILES string of the molecule is COCCCN(C)C(C)C(=O)N1CCN(S(=O)(=O)c2ccc(C)cc2)CC1. The zero-order chi connectivity index (χ0) is 20.0. The molecule has 1 heterocycles. The number of rotatable bonds is 8. The zero-order valence-corrected chi connectivity index (χ0v) is 17.5. The number of ether oxygens (including phenoxy) is 1. The van der Waals surface area contributed by atoms with Crippen LogP contribution in [0.2, 0.25) is 0 Å². The van der Waals surface area contributed by atoms with E-state index in [0.29, 0.717) is 37.7 Å². The lowest BCUT2D eigenvalue weighted by molar-refractivity contribution is -0.137. The molecule has 1 fully saturated rings. The second-order valence-corrected chi connectivity index (χ2v) is 8.98. The van der Waals surface area contributed by atoms with Crippen LogP contribution in [0.15, 0.2) is 29.2 Å². The summed E-state index contributed by atoms with van der Waals surface area (Å²) in [6.07, 6.45) is 0.868. The molecule has 0 radical (unpaired) electrons. The average Bonchev–Trinajstić information content (AvgIpc) is 2.67. The van der Waals surface area contributed by atoms with Gasteiger partial charge < -0.3 is 9.64 Å². The molecular weight excluding hydrogens is 366 g/mol. The molecule has 0 aliphatic carbocycles. The minimum Gasteiger partial charge on any atom is -0.385 e. The second-order valence-electron chi connectivity index (χ2n) is 7.05. The van der Waals surface area contributed by atoms with E-state index in [0.717, 1.165) is 18.5 Å². The van der Waals surface area contributed by atoms with Crippen LogP contribution >= 0.6 is 0 Å². The van der Waals surface area contributed by atoms with E-state index in [1.807, 2.05) is 25.8 Å². The minimum atomic E-state index is -3.51. The summed E-state index contributed by atoms with van der Waals surface area (Å²) in [7, 11) is 0.0839. The lowest BCUT2D eigenvalue weighted by atomic mass is 10.2. The molecule has 1 aromatic carbocycles. The first kappa shape index (κ1) is 21.8. The Bertz CT molecular complexity index is 713. The molecule has 0 spiro atoms. The van der Waals surface area contributed by atoms with Crippen molar-refractivity contribution in [2.45, 2.75) is 31.2 Å². The molecule has 1 aromatic rings. The van der Waals surface area contributed by atoms with Gasteiger partial charge in [-0.3, -0.25) is 9.69 Å². The van der Waals surface area contributed by atoms with E-state index in [1.165, 1.54) is 4.31 Å². The molecule has 1 amide bonds. The van der Waals surface area contributed by atoms with Gasteiger partial charge in [-0.2, -0.15) is 4.31 Å². The van der Waals surface area contributed by atoms with Crippen molar-refractivity contribution in [3.05, 3.63) is 29.8 Å². The predicted molar refractivity (Wildman–Crippen MR) is 105 cm³/mol. The van der Waals surface area contributed by atoms with Gasteiger partial charge in [0.2, 0.25) is 15.9 Å². The summed E-state index contributed by atoms with van der Waals surface area (Å²) in [6, 6.07) is 6.64. The third kappa shape index (κ3) is 5.51. The third-order valence-corrected chi connectivity index (χ3v) is 7.00. The van der Waals surface area contributed by atoms with Crippen molar-refractivity contribution < 1.29 is 17.9 Å². The van der Waals surface area contributed by atoms with Gasteiger partial charge >= 0.3 is 0 Å². The van der Waals surface area contributed by atoms with Crippen LogP contribution in [-0.4, -0.2) is 88.0 Å². The van der Waals surface area contributed by atoms with Crippen LogP contribution in [0.1, 0.15) is 18.9 Å². The highest BCUT2D eigenvalue weighted by Gasteiger charge is 2.32. The summed E-state index contributed by atoms with van der Waals surface area (Å²) in [5.74, 6) is 0.0438. The highest BCUT2D eigenvalue weighted by molar-refractivity contribution is 7.89. The fourth-order valence-electron chi connectivity index (χ4n) is 3.11. The molecule has 1 saturated heterocycles. The molecule has 7 nitrogen and oxygen atoms in total. The standard InChI is InChI=1S/C19H31N3O4S/c1-16-6-8-18(9-7-16)27(24,25)22-13-11-21(12-14-22)19(23)17(2)20(3)10-5-15-26-4/h6-9,17H,5,10-15H2,1-4H3. The molecule has 1 unspecified atom stereocenters. The minimum absolute atomic E-state index is 0.0438. The molecule has 27 heavy (non-hydrogen) atoms. The summed E-state index contributed by atoms with van der Waals surface area (Å²) in [6.45, 7) is 6.74. The number of nitrogens with zero attached hydrogens (tertiary/aromatic N) is 3. The quantitative estimate of drug-likeness (QED) is 0.616. The number of carbonyl (C=O) groups is 1. The third-order valence-electron chi connectivity index (χ3n) is 5.09. The maximum atomic E-state index is 12.8. The number of piperazine rings is 1. The van der Waals surface area contributed by atoms with Crippen LogP contribution in [0.3, 0.4) is 0 Å². The summed E-state index contributed by atoms with van der Waals surface area (Å²) < 4.78 is 32.1. The summed E-state index contributed by atoms with van der Waals surface area (Å²) in [5.41, 5.74) is 1.02. The van der Waals surface area contributed by atoms with Crippen LogP contribution in [0, 0.1) is 6.92 Å². The fourth-order valence-corrected chi connectivity index (χ4v) is 4.54. The van der Waals surface area contributed by atoms with Crippen LogP contribution in [0.5, 0.6) is 0 Å². The first-order valence-corrected chi connectivity index (χ1v) is 10.8. The van der Waals surface area contributed by atoms with Crippen molar-refractivity contribution in [1.82, 2.24) is 14.1 Å². The van der Waals surface area contributed by atoms with Crippen LogP contribution in [0.4, 0.5) is 0 Å². The monoisotopic (exact) mass is 397 g/mol. The Morgan fingerprint density at radius 3 is 2.33 bits per heavy atom. The number of benzene rings is 1. The summed E-state index contributed by atoms with van der Waals surface area (Å²) in [4.78, 5) is 16.8. The molecule has 152 valence electrons. The fraction of sp³-hybridized carbons (Fsp3) is 0.632. The van der Waals surface area contributed by atoms with E-state index < -0.39 is 10.0 Å². The van der Waals surface area contributed by atoms with Crippen molar-refractivity contribution >= 4 is 15.9 Å². The van der Waals surface area contributed by atoms with Crippen LogP contribution in [0.25, 0.3) is 0 Å². The van der Waals surface area contributed by atoms with Gasteiger partial charge in [0.25, 0.3) is 0 Å². The molecular formula is C19H31N3O4S. The van der Waals surface area contributed by atoms with E-state index in [2.05, 4.69) is 0 Å². The van der Waals surface area contributed by atoms with Crippen molar-refractivity contribution in [1.29, 1.82) is 0 Å². The van der Waals surface area contributed by atoms with E-state index >= 15 is 0 Å².